The number of carbonyl (C=O) groups is 1. The average Bonchev–Trinajstić information content (AvgIpc) is 2.94. The first-order valence-corrected chi connectivity index (χ1v) is 8.85. The van der Waals surface area contributed by atoms with Crippen LogP contribution in [0.4, 0.5) is 0 Å². The Morgan fingerprint density at radius 2 is 1.60 bits per heavy atom. The summed E-state index contributed by atoms with van der Waals surface area (Å²) in [6, 6.07) is 20.9. The Balaban J connectivity index is 2.04. The van der Waals surface area contributed by atoms with E-state index in [4.69, 9.17) is 0 Å². The Morgan fingerprint density at radius 1 is 0.920 bits per heavy atom. The van der Waals surface area contributed by atoms with E-state index in [2.05, 4.69) is 79.9 Å². The van der Waals surface area contributed by atoms with E-state index in [0.717, 1.165) is 34.6 Å². The number of nitrogens with zero attached hydrogens (tertiary/aromatic N) is 1. The third kappa shape index (κ3) is 2.72. The fourth-order valence-electron chi connectivity index (χ4n) is 3.92. The zero-order chi connectivity index (χ0) is 17.6. The van der Waals surface area contributed by atoms with E-state index in [1.165, 1.54) is 5.56 Å². The Bertz CT molecular complexity index is 947. The van der Waals surface area contributed by atoms with Crippen molar-refractivity contribution in [3.05, 3.63) is 77.5 Å². The third-order valence-electron chi connectivity index (χ3n) is 5.11. The largest absolute Gasteiger partial charge is 0.313 e. The van der Waals surface area contributed by atoms with Crippen LogP contribution >= 0.6 is 0 Å². The molecule has 0 radical (unpaired) electrons. The van der Waals surface area contributed by atoms with Gasteiger partial charge in [-0.05, 0) is 42.0 Å². The second kappa shape index (κ2) is 5.73. The fourth-order valence-corrected chi connectivity index (χ4v) is 3.92. The monoisotopic (exact) mass is 329 g/mol. The number of aryl methyl sites for hydroxylation is 1. The van der Waals surface area contributed by atoms with E-state index in [9.17, 15) is 4.79 Å². The number of benzene rings is 2. The van der Waals surface area contributed by atoms with Crippen LogP contribution in [-0.4, -0.2) is 10.4 Å². The highest BCUT2D eigenvalue weighted by molar-refractivity contribution is 6.00. The molecule has 0 N–H and O–H groups in total. The molecule has 25 heavy (non-hydrogen) atoms. The zero-order valence-corrected chi connectivity index (χ0v) is 15.0. The van der Waals surface area contributed by atoms with Crippen molar-refractivity contribution in [2.45, 2.75) is 33.6 Å². The third-order valence-corrected chi connectivity index (χ3v) is 5.11. The topological polar surface area (TPSA) is 22.0 Å². The molecule has 1 aromatic heterocycles. The molecular formula is C23H23NO. The molecule has 0 bridgehead atoms. The molecule has 0 fully saturated rings. The molecule has 3 aromatic rings. The summed E-state index contributed by atoms with van der Waals surface area (Å²) in [5, 5.41) is 0. The highest BCUT2D eigenvalue weighted by Gasteiger charge is 2.35. The van der Waals surface area contributed by atoms with E-state index < -0.39 is 0 Å². The van der Waals surface area contributed by atoms with Gasteiger partial charge in [-0.25, -0.2) is 0 Å². The van der Waals surface area contributed by atoms with Crippen LogP contribution in [-0.2, 0) is 6.42 Å². The minimum Gasteiger partial charge on any atom is -0.313 e. The molecule has 2 aromatic carbocycles. The lowest BCUT2D eigenvalue weighted by Gasteiger charge is -2.30. The van der Waals surface area contributed by atoms with Crippen LogP contribution < -0.4 is 0 Å². The second-order valence-corrected chi connectivity index (χ2v) is 7.82. The van der Waals surface area contributed by atoms with Crippen molar-refractivity contribution >= 4 is 5.78 Å². The first-order valence-electron chi connectivity index (χ1n) is 8.85. The van der Waals surface area contributed by atoms with Crippen molar-refractivity contribution in [1.29, 1.82) is 0 Å². The molecule has 2 nitrogen and oxygen atoms in total. The quantitative estimate of drug-likeness (QED) is 0.599. The van der Waals surface area contributed by atoms with Gasteiger partial charge in [-0.3, -0.25) is 4.79 Å². The van der Waals surface area contributed by atoms with E-state index in [1.807, 2.05) is 6.07 Å². The Kier molecular flexibility index (Phi) is 3.64. The van der Waals surface area contributed by atoms with Gasteiger partial charge in [-0.1, -0.05) is 62.4 Å². The van der Waals surface area contributed by atoms with Crippen LogP contribution in [0.15, 0.2) is 60.7 Å². The number of aromatic nitrogens is 1. The SMILES string of the molecule is Cc1ccccc1-n1c(-c2ccccc2)cc2c1CC(C)(C)CC2=O. The van der Waals surface area contributed by atoms with Crippen molar-refractivity contribution in [1.82, 2.24) is 4.57 Å². The van der Waals surface area contributed by atoms with Crippen molar-refractivity contribution in [2.24, 2.45) is 5.41 Å². The predicted octanol–water partition coefficient (Wildman–Crippen LogP) is 5.61. The molecule has 0 spiro atoms. The maximum atomic E-state index is 12.8. The number of ketones is 1. The summed E-state index contributed by atoms with van der Waals surface area (Å²) >= 11 is 0. The van der Waals surface area contributed by atoms with E-state index in [-0.39, 0.29) is 11.2 Å². The zero-order valence-electron chi connectivity index (χ0n) is 15.0. The van der Waals surface area contributed by atoms with Gasteiger partial charge in [0, 0.05) is 23.4 Å². The summed E-state index contributed by atoms with van der Waals surface area (Å²) < 4.78 is 2.30. The number of Topliss-reactive ketones (excluding diaryl/α,β-unsaturated/α-hetero) is 1. The number of rotatable bonds is 2. The summed E-state index contributed by atoms with van der Waals surface area (Å²) in [6.45, 7) is 6.50. The Labute approximate surface area is 149 Å². The Morgan fingerprint density at radius 3 is 2.32 bits per heavy atom. The molecule has 126 valence electrons. The van der Waals surface area contributed by atoms with Gasteiger partial charge in [0.25, 0.3) is 0 Å². The maximum Gasteiger partial charge on any atom is 0.165 e. The molecule has 1 aliphatic carbocycles. The molecule has 0 saturated heterocycles. The number of hydrogen-bond donors (Lipinski definition) is 0. The van der Waals surface area contributed by atoms with Gasteiger partial charge in [-0.2, -0.15) is 0 Å². The van der Waals surface area contributed by atoms with Crippen molar-refractivity contribution in [3.8, 4) is 16.9 Å². The van der Waals surface area contributed by atoms with Gasteiger partial charge in [0.1, 0.15) is 0 Å². The molecular weight excluding hydrogens is 306 g/mol. The maximum absolute atomic E-state index is 12.8. The molecule has 2 heteroatoms. The summed E-state index contributed by atoms with van der Waals surface area (Å²) in [5.41, 5.74) is 6.66. The Hall–Kier alpha value is -2.61. The van der Waals surface area contributed by atoms with Crippen LogP contribution in [0.2, 0.25) is 0 Å². The smallest absolute Gasteiger partial charge is 0.165 e. The summed E-state index contributed by atoms with van der Waals surface area (Å²) in [5.74, 6) is 0.260. The van der Waals surface area contributed by atoms with Crippen molar-refractivity contribution in [2.75, 3.05) is 0 Å². The van der Waals surface area contributed by atoms with Crippen LogP contribution in [0.3, 0.4) is 0 Å². The van der Waals surface area contributed by atoms with Gasteiger partial charge in [0.2, 0.25) is 0 Å². The second-order valence-electron chi connectivity index (χ2n) is 7.82. The van der Waals surface area contributed by atoms with Crippen LogP contribution in [0.1, 0.15) is 41.9 Å². The van der Waals surface area contributed by atoms with Gasteiger partial charge < -0.3 is 4.57 Å². The lowest BCUT2D eigenvalue weighted by Crippen LogP contribution is -2.27. The van der Waals surface area contributed by atoms with Crippen LogP contribution in [0, 0.1) is 12.3 Å². The highest BCUT2D eigenvalue weighted by atomic mass is 16.1. The van der Waals surface area contributed by atoms with E-state index in [1.54, 1.807) is 0 Å². The molecule has 0 unspecified atom stereocenters. The minimum atomic E-state index is -0.00315. The lowest BCUT2D eigenvalue weighted by atomic mass is 9.76. The number of hydrogen-bond acceptors (Lipinski definition) is 1. The van der Waals surface area contributed by atoms with Crippen molar-refractivity contribution in [3.63, 3.8) is 0 Å². The molecule has 0 atom stereocenters. The molecule has 0 amide bonds. The highest BCUT2D eigenvalue weighted by Crippen LogP contribution is 2.40. The van der Waals surface area contributed by atoms with Crippen LogP contribution in [0.25, 0.3) is 16.9 Å². The molecule has 1 aliphatic rings. The molecule has 4 rings (SSSR count). The number of carbonyl (C=O) groups excluding carboxylic acids is 1. The van der Waals surface area contributed by atoms with Gasteiger partial charge in [-0.15, -0.1) is 0 Å². The number of fused-ring (bicyclic) bond motifs is 1. The van der Waals surface area contributed by atoms with E-state index in [0.29, 0.717) is 6.42 Å². The molecule has 0 saturated carbocycles. The summed E-state index contributed by atoms with van der Waals surface area (Å²) in [6.07, 6.45) is 1.53. The van der Waals surface area contributed by atoms with Gasteiger partial charge in [0.05, 0.1) is 5.69 Å². The van der Waals surface area contributed by atoms with Crippen LogP contribution in [0.5, 0.6) is 0 Å². The lowest BCUT2D eigenvalue weighted by molar-refractivity contribution is 0.0911. The average molecular weight is 329 g/mol. The fraction of sp³-hybridized carbons (Fsp3) is 0.261. The minimum absolute atomic E-state index is 0.00315. The summed E-state index contributed by atoms with van der Waals surface area (Å²) in [7, 11) is 0. The van der Waals surface area contributed by atoms with E-state index >= 15 is 0 Å². The first kappa shape index (κ1) is 15.9. The van der Waals surface area contributed by atoms with Gasteiger partial charge in [0.15, 0.2) is 5.78 Å². The normalized spacial score (nSPS) is 15.9. The molecule has 0 aliphatic heterocycles. The first-order chi connectivity index (χ1) is 12.0. The predicted molar refractivity (Wildman–Crippen MR) is 102 cm³/mol. The molecule has 1 heterocycles. The number of para-hydroxylation sites is 1. The van der Waals surface area contributed by atoms with Crippen molar-refractivity contribution < 1.29 is 4.79 Å². The summed E-state index contributed by atoms with van der Waals surface area (Å²) in [4.78, 5) is 12.8. The van der Waals surface area contributed by atoms with Gasteiger partial charge >= 0.3 is 0 Å². The standard InChI is InChI=1S/C23H23NO/c1-16-9-7-8-12-19(16)24-20(17-10-5-4-6-11-17)13-18-21(24)14-23(2,3)15-22(18)25/h4-13H,14-15H2,1-3H3.